The van der Waals surface area contributed by atoms with Crippen LogP contribution in [0.3, 0.4) is 0 Å². The van der Waals surface area contributed by atoms with Gasteiger partial charge in [-0.15, -0.1) is 24.0 Å². The normalized spacial score (nSPS) is 14.8. The van der Waals surface area contributed by atoms with Crippen LogP contribution in [0.1, 0.15) is 18.5 Å². The van der Waals surface area contributed by atoms with Crippen LogP contribution in [-0.2, 0) is 6.54 Å². The maximum Gasteiger partial charge on any atom is 0.226 e. The Kier molecular flexibility index (Phi) is 8.12. The molecule has 0 saturated carbocycles. The molecular formula is C23H28IN5O. The number of para-hydroxylation sites is 1. The first kappa shape index (κ1) is 22.1. The molecule has 1 saturated heterocycles. The lowest BCUT2D eigenvalue weighted by Crippen LogP contribution is -2.48. The maximum absolute atomic E-state index is 5.60. The van der Waals surface area contributed by atoms with Gasteiger partial charge in [-0.05, 0) is 37.1 Å². The fraction of sp³-hybridized carbons (Fsp3) is 0.304. The standard InChI is InChI=1S/C23H27N5O.HI/c1-24-23(25-16-20-17-29-22(26-20)18-8-4-2-5-9-18)27-19-12-14-28(15-13-19)21-10-6-3-7-11-21;/h2-11,17,19H,12-16H2,1H3,(H2,24,25,27);1H. The molecule has 1 fully saturated rings. The van der Waals surface area contributed by atoms with Crippen molar-refractivity contribution in [3.05, 3.63) is 72.6 Å². The number of anilines is 1. The molecule has 0 atom stereocenters. The summed E-state index contributed by atoms with van der Waals surface area (Å²) in [6.07, 6.45) is 3.86. The van der Waals surface area contributed by atoms with E-state index in [9.17, 15) is 0 Å². The highest BCUT2D eigenvalue weighted by Crippen LogP contribution is 2.20. The van der Waals surface area contributed by atoms with E-state index in [2.05, 4.69) is 55.8 Å². The van der Waals surface area contributed by atoms with Gasteiger partial charge in [0, 0.05) is 37.4 Å². The summed E-state index contributed by atoms with van der Waals surface area (Å²) in [5.41, 5.74) is 3.13. The van der Waals surface area contributed by atoms with E-state index in [1.54, 1.807) is 13.3 Å². The van der Waals surface area contributed by atoms with E-state index >= 15 is 0 Å². The van der Waals surface area contributed by atoms with Gasteiger partial charge in [-0.1, -0.05) is 36.4 Å². The number of aromatic nitrogens is 1. The molecule has 4 rings (SSSR count). The number of nitrogens with one attached hydrogen (secondary N) is 2. The summed E-state index contributed by atoms with van der Waals surface area (Å²) in [5, 5.41) is 6.88. The predicted octanol–water partition coefficient (Wildman–Crippen LogP) is 4.29. The quantitative estimate of drug-likeness (QED) is 0.300. The van der Waals surface area contributed by atoms with Crippen molar-refractivity contribution in [2.45, 2.75) is 25.4 Å². The summed E-state index contributed by atoms with van der Waals surface area (Å²) in [7, 11) is 1.80. The molecule has 30 heavy (non-hydrogen) atoms. The molecule has 1 aliphatic heterocycles. The van der Waals surface area contributed by atoms with Crippen LogP contribution in [0.4, 0.5) is 5.69 Å². The van der Waals surface area contributed by atoms with Gasteiger partial charge in [0.05, 0.1) is 12.2 Å². The van der Waals surface area contributed by atoms with E-state index in [-0.39, 0.29) is 24.0 Å². The van der Waals surface area contributed by atoms with Crippen molar-refractivity contribution in [1.29, 1.82) is 0 Å². The topological polar surface area (TPSA) is 65.7 Å². The van der Waals surface area contributed by atoms with Crippen LogP contribution < -0.4 is 15.5 Å². The van der Waals surface area contributed by atoms with Gasteiger partial charge < -0.3 is 20.0 Å². The average molecular weight is 517 g/mol. The molecule has 0 spiro atoms. The van der Waals surface area contributed by atoms with Crippen LogP contribution in [0.5, 0.6) is 0 Å². The second kappa shape index (κ2) is 11.0. The minimum atomic E-state index is 0. The van der Waals surface area contributed by atoms with E-state index in [0.29, 0.717) is 18.5 Å². The molecule has 2 aromatic carbocycles. The summed E-state index contributed by atoms with van der Waals surface area (Å²) < 4.78 is 5.60. The molecule has 2 N–H and O–H groups in total. The fourth-order valence-corrected chi connectivity index (χ4v) is 3.58. The van der Waals surface area contributed by atoms with Crippen molar-refractivity contribution in [3.63, 3.8) is 0 Å². The fourth-order valence-electron chi connectivity index (χ4n) is 3.58. The van der Waals surface area contributed by atoms with Crippen LogP contribution >= 0.6 is 24.0 Å². The first-order valence-corrected chi connectivity index (χ1v) is 10.1. The summed E-state index contributed by atoms with van der Waals surface area (Å²) in [4.78, 5) is 11.4. The molecule has 0 bridgehead atoms. The number of hydrogen-bond donors (Lipinski definition) is 2. The molecule has 0 radical (unpaired) electrons. The van der Waals surface area contributed by atoms with E-state index in [1.807, 2.05) is 30.3 Å². The van der Waals surface area contributed by atoms with Gasteiger partial charge in [-0.25, -0.2) is 4.98 Å². The number of nitrogens with zero attached hydrogens (tertiary/aromatic N) is 3. The number of guanidine groups is 1. The highest BCUT2D eigenvalue weighted by Gasteiger charge is 2.20. The van der Waals surface area contributed by atoms with Gasteiger partial charge in [0.2, 0.25) is 5.89 Å². The summed E-state index contributed by atoms with van der Waals surface area (Å²) >= 11 is 0. The maximum atomic E-state index is 5.60. The monoisotopic (exact) mass is 517 g/mol. The number of halogens is 1. The number of aliphatic imine (C=N–C) groups is 1. The molecular weight excluding hydrogens is 489 g/mol. The molecule has 1 aliphatic rings. The summed E-state index contributed by atoms with van der Waals surface area (Å²) in [5.74, 6) is 1.44. The Hall–Kier alpha value is -2.55. The molecule has 7 heteroatoms. The van der Waals surface area contributed by atoms with Crippen LogP contribution in [0, 0.1) is 0 Å². The molecule has 6 nitrogen and oxygen atoms in total. The van der Waals surface area contributed by atoms with Crippen molar-refractivity contribution in [2.24, 2.45) is 4.99 Å². The molecule has 0 aliphatic carbocycles. The molecule has 0 amide bonds. The lowest BCUT2D eigenvalue weighted by Gasteiger charge is -2.34. The van der Waals surface area contributed by atoms with E-state index in [4.69, 9.17) is 4.42 Å². The zero-order valence-corrected chi connectivity index (χ0v) is 19.5. The molecule has 158 valence electrons. The van der Waals surface area contributed by atoms with E-state index in [1.165, 1.54) is 5.69 Å². The SMILES string of the molecule is CN=C(NCc1coc(-c2ccccc2)n1)NC1CCN(c2ccccc2)CC1.I. The van der Waals surface area contributed by atoms with Crippen molar-refractivity contribution in [1.82, 2.24) is 15.6 Å². The second-order valence-corrected chi connectivity index (χ2v) is 7.18. The van der Waals surface area contributed by atoms with Crippen LogP contribution in [0.15, 0.2) is 76.3 Å². The molecule has 2 heterocycles. The third kappa shape index (κ3) is 5.75. The van der Waals surface area contributed by atoms with Gasteiger partial charge in [0.1, 0.15) is 6.26 Å². The first-order valence-electron chi connectivity index (χ1n) is 10.1. The minimum Gasteiger partial charge on any atom is -0.444 e. The Labute approximate surface area is 194 Å². The van der Waals surface area contributed by atoms with Gasteiger partial charge >= 0.3 is 0 Å². The largest absolute Gasteiger partial charge is 0.444 e. The highest BCUT2D eigenvalue weighted by molar-refractivity contribution is 14.0. The Bertz CT molecular complexity index is 921. The zero-order chi connectivity index (χ0) is 19.9. The van der Waals surface area contributed by atoms with Crippen molar-refractivity contribution in [3.8, 4) is 11.5 Å². The van der Waals surface area contributed by atoms with Gasteiger partial charge in [0.15, 0.2) is 5.96 Å². The molecule has 0 unspecified atom stereocenters. The first-order chi connectivity index (χ1) is 14.3. The predicted molar refractivity (Wildman–Crippen MR) is 132 cm³/mol. The van der Waals surface area contributed by atoms with E-state index in [0.717, 1.165) is 43.1 Å². The van der Waals surface area contributed by atoms with Gasteiger partial charge in [-0.2, -0.15) is 0 Å². The number of benzene rings is 2. The number of oxazole rings is 1. The Balaban J connectivity index is 0.00000256. The van der Waals surface area contributed by atoms with Gasteiger partial charge in [-0.3, -0.25) is 4.99 Å². The third-order valence-electron chi connectivity index (χ3n) is 5.19. The second-order valence-electron chi connectivity index (χ2n) is 7.18. The molecule has 1 aromatic heterocycles. The Morgan fingerprint density at radius 2 is 1.73 bits per heavy atom. The Morgan fingerprint density at radius 3 is 2.40 bits per heavy atom. The van der Waals surface area contributed by atoms with Crippen molar-refractivity contribution < 1.29 is 4.42 Å². The third-order valence-corrected chi connectivity index (χ3v) is 5.19. The van der Waals surface area contributed by atoms with Crippen LogP contribution in [0.2, 0.25) is 0 Å². The minimum absolute atomic E-state index is 0. The molecule has 3 aromatic rings. The number of hydrogen-bond acceptors (Lipinski definition) is 4. The summed E-state index contributed by atoms with van der Waals surface area (Å²) in [6, 6.07) is 20.9. The lowest BCUT2D eigenvalue weighted by molar-refractivity contribution is 0.461. The number of piperidine rings is 1. The smallest absolute Gasteiger partial charge is 0.226 e. The zero-order valence-electron chi connectivity index (χ0n) is 17.1. The average Bonchev–Trinajstić information content (AvgIpc) is 3.27. The van der Waals surface area contributed by atoms with Gasteiger partial charge in [0.25, 0.3) is 0 Å². The van der Waals surface area contributed by atoms with Crippen LogP contribution in [-0.4, -0.2) is 37.1 Å². The van der Waals surface area contributed by atoms with Crippen molar-refractivity contribution >= 4 is 35.6 Å². The summed E-state index contributed by atoms with van der Waals surface area (Å²) in [6.45, 7) is 2.66. The lowest BCUT2D eigenvalue weighted by atomic mass is 10.0. The number of rotatable bonds is 5. The van der Waals surface area contributed by atoms with E-state index < -0.39 is 0 Å². The van der Waals surface area contributed by atoms with Crippen molar-refractivity contribution in [2.75, 3.05) is 25.0 Å². The highest BCUT2D eigenvalue weighted by atomic mass is 127. The Morgan fingerprint density at radius 1 is 1.07 bits per heavy atom. The van der Waals surface area contributed by atoms with Crippen LogP contribution in [0.25, 0.3) is 11.5 Å².